The summed E-state index contributed by atoms with van der Waals surface area (Å²) in [7, 11) is 0. The molecular weight excluding hydrogens is 314 g/mol. The summed E-state index contributed by atoms with van der Waals surface area (Å²) in [6.45, 7) is 2.10. The molecule has 4 rings (SSSR count). The second-order valence-electron chi connectivity index (χ2n) is 6.18. The van der Waals surface area contributed by atoms with E-state index in [1.54, 1.807) is 0 Å². The van der Waals surface area contributed by atoms with E-state index in [0.29, 0.717) is 5.75 Å². The van der Waals surface area contributed by atoms with Crippen LogP contribution in [0, 0.1) is 0 Å². The third-order valence-corrected chi connectivity index (χ3v) is 5.69. The Hall–Kier alpha value is -1.97. The molecule has 1 atom stereocenters. The zero-order chi connectivity index (χ0) is 16.4. The Morgan fingerprint density at radius 1 is 0.833 bits per heavy atom. The topological polar surface area (TPSA) is 23.5 Å². The first-order valence-corrected chi connectivity index (χ1v) is 9.57. The number of rotatable bonds is 3. The largest absolute Gasteiger partial charge is 0.508 e. The Kier molecular flexibility index (Phi) is 4.46. The molecule has 0 aliphatic carbocycles. The highest BCUT2D eigenvalue weighted by molar-refractivity contribution is 7.99. The van der Waals surface area contributed by atoms with E-state index in [-0.39, 0.29) is 6.04 Å². The molecule has 1 N–H and O–H groups in total. The molecular formula is C21H21NOS. The van der Waals surface area contributed by atoms with Crippen molar-refractivity contribution >= 4 is 22.5 Å². The highest BCUT2D eigenvalue weighted by Crippen LogP contribution is 2.39. The van der Waals surface area contributed by atoms with E-state index in [0.717, 1.165) is 35.5 Å². The van der Waals surface area contributed by atoms with Gasteiger partial charge < -0.3 is 5.11 Å². The van der Waals surface area contributed by atoms with Gasteiger partial charge in [0.05, 0.1) is 6.04 Å². The molecule has 3 heteroatoms. The van der Waals surface area contributed by atoms with E-state index in [2.05, 4.69) is 59.5 Å². The number of benzene rings is 3. The number of phenols is 1. The van der Waals surface area contributed by atoms with E-state index in [9.17, 15) is 5.11 Å². The van der Waals surface area contributed by atoms with Gasteiger partial charge in [-0.25, -0.2) is 0 Å². The predicted octanol–water partition coefficient (Wildman–Crippen LogP) is 4.68. The summed E-state index contributed by atoms with van der Waals surface area (Å²) >= 11 is 2.01. The van der Waals surface area contributed by atoms with Gasteiger partial charge in [0, 0.05) is 30.2 Å². The second kappa shape index (κ2) is 6.88. The van der Waals surface area contributed by atoms with Crippen molar-refractivity contribution in [2.45, 2.75) is 6.04 Å². The molecule has 0 saturated carbocycles. The number of nitrogens with zero attached hydrogens (tertiary/aromatic N) is 1. The van der Waals surface area contributed by atoms with Crippen molar-refractivity contribution < 1.29 is 5.11 Å². The first kappa shape index (κ1) is 15.6. The van der Waals surface area contributed by atoms with Gasteiger partial charge in [0.1, 0.15) is 5.75 Å². The van der Waals surface area contributed by atoms with Crippen LogP contribution in [0.4, 0.5) is 0 Å². The van der Waals surface area contributed by atoms with E-state index in [1.807, 2.05) is 23.9 Å². The van der Waals surface area contributed by atoms with Gasteiger partial charge in [-0.2, -0.15) is 11.8 Å². The number of thioether (sulfide) groups is 1. The van der Waals surface area contributed by atoms with Crippen LogP contribution in [-0.4, -0.2) is 34.6 Å². The average Bonchev–Trinajstić information content (AvgIpc) is 2.66. The fraction of sp³-hybridized carbons (Fsp3) is 0.238. The van der Waals surface area contributed by atoms with Gasteiger partial charge in [0.25, 0.3) is 0 Å². The summed E-state index contributed by atoms with van der Waals surface area (Å²) in [6.07, 6.45) is 0. The third kappa shape index (κ3) is 2.90. The Bertz CT molecular complexity index is 828. The van der Waals surface area contributed by atoms with Crippen LogP contribution < -0.4 is 0 Å². The van der Waals surface area contributed by atoms with Crippen LogP contribution in [0.15, 0.2) is 66.7 Å². The maximum absolute atomic E-state index is 10.7. The highest BCUT2D eigenvalue weighted by atomic mass is 32.2. The number of phenolic OH excluding ortho intramolecular Hbond substituents is 1. The Morgan fingerprint density at radius 2 is 1.54 bits per heavy atom. The molecule has 0 amide bonds. The monoisotopic (exact) mass is 335 g/mol. The van der Waals surface area contributed by atoms with Crippen LogP contribution in [0.3, 0.4) is 0 Å². The smallest absolute Gasteiger partial charge is 0.121 e. The lowest BCUT2D eigenvalue weighted by Crippen LogP contribution is -2.36. The molecule has 24 heavy (non-hydrogen) atoms. The van der Waals surface area contributed by atoms with Gasteiger partial charge in [-0.15, -0.1) is 0 Å². The van der Waals surface area contributed by atoms with Crippen molar-refractivity contribution in [3.8, 4) is 5.75 Å². The van der Waals surface area contributed by atoms with Crippen molar-refractivity contribution in [2.75, 3.05) is 24.6 Å². The molecule has 2 nitrogen and oxygen atoms in total. The molecule has 3 aromatic carbocycles. The quantitative estimate of drug-likeness (QED) is 0.751. The van der Waals surface area contributed by atoms with Crippen LogP contribution in [0.25, 0.3) is 10.8 Å². The van der Waals surface area contributed by atoms with Gasteiger partial charge in [0.15, 0.2) is 0 Å². The lowest BCUT2D eigenvalue weighted by atomic mass is 9.91. The summed E-state index contributed by atoms with van der Waals surface area (Å²) in [5.74, 6) is 2.68. The van der Waals surface area contributed by atoms with Crippen molar-refractivity contribution in [3.05, 3.63) is 77.9 Å². The average molecular weight is 335 g/mol. The molecule has 1 unspecified atom stereocenters. The van der Waals surface area contributed by atoms with Crippen molar-refractivity contribution in [1.82, 2.24) is 4.90 Å². The second-order valence-corrected chi connectivity index (χ2v) is 7.41. The van der Waals surface area contributed by atoms with Gasteiger partial charge in [0.2, 0.25) is 0 Å². The maximum atomic E-state index is 10.7. The zero-order valence-corrected chi connectivity index (χ0v) is 14.4. The Labute approximate surface area is 147 Å². The van der Waals surface area contributed by atoms with Gasteiger partial charge in [-0.05, 0) is 22.4 Å². The minimum absolute atomic E-state index is 0.0956. The summed E-state index contributed by atoms with van der Waals surface area (Å²) in [4.78, 5) is 2.51. The Morgan fingerprint density at radius 3 is 2.33 bits per heavy atom. The van der Waals surface area contributed by atoms with Crippen LogP contribution in [-0.2, 0) is 0 Å². The number of fused-ring (bicyclic) bond motifs is 1. The fourth-order valence-corrected chi connectivity index (χ4v) is 4.53. The minimum Gasteiger partial charge on any atom is -0.508 e. The lowest BCUT2D eigenvalue weighted by molar-refractivity contribution is 0.246. The molecule has 1 aliphatic rings. The van der Waals surface area contributed by atoms with E-state index < -0.39 is 0 Å². The third-order valence-electron chi connectivity index (χ3n) is 4.75. The molecule has 0 bridgehead atoms. The standard InChI is InChI=1S/C21H21NOS/c23-19-11-10-16-6-4-5-9-18(16)20(19)21(17-7-2-1-3-8-17)22-12-14-24-15-13-22/h1-11,21,23H,12-15H2. The lowest BCUT2D eigenvalue weighted by Gasteiger charge is -2.35. The Balaban J connectivity index is 1.92. The van der Waals surface area contributed by atoms with Gasteiger partial charge in [-0.3, -0.25) is 4.90 Å². The normalized spacial score (nSPS) is 17.0. The number of hydrogen-bond acceptors (Lipinski definition) is 3. The number of hydrogen-bond donors (Lipinski definition) is 1. The summed E-state index contributed by atoms with van der Waals surface area (Å²) < 4.78 is 0. The molecule has 1 aliphatic heterocycles. The zero-order valence-electron chi connectivity index (χ0n) is 13.6. The molecule has 1 saturated heterocycles. The molecule has 0 radical (unpaired) electrons. The fourth-order valence-electron chi connectivity index (χ4n) is 3.60. The summed E-state index contributed by atoms with van der Waals surface area (Å²) in [5, 5.41) is 13.1. The van der Waals surface area contributed by atoms with E-state index >= 15 is 0 Å². The van der Waals surface area contributed by atoms with Crippen molar-refractivity contribution in [1.29, 1.82) is 0 Å². The highest BCUT2D eigenvalue weighted by Gasteiger charge is 2.27. The predicted molar refractivity (Wildman–Crippen MR) is 103 cm³/mol. The maximum Gasteiger partial charge on any atom is 0.121 e. The van der Waals surface area contributed by atoms with E-state index in [1.165, 1.54) is 10.9 Å². The van der Waals surface area contributed by atoms with Crippen molar-refractivity contribution in [3.63, 3.8) is 0 Å². The molecule has 3 aromatic rings. The number of aromatic hydroxyl groups is 1. The van der Waals surface area contributed by atoms with Crippen LogP contribution in [0.5, 0.6) is 5.75 Å². The summed E-state index contributed by atoms with van der Waals surface area (Å²) in [6, 6.07) is 22.9. The molecule has 0 aromatic heterocycles. The molecule has 1 heterocycles. The minimum atomic E-state index is 0.0956. The first-order valence-electron chi connectivity index (χ1n) is 8.42. The van der Waals surface area contributed by atoms with Gasteiger partial charge in [-0.1, -0.05) is 60.7 Å². The van der Waals surface area contributed by atoms with Crippen LogP contribution in [0.1, 0.15) is 17.2 Å². The molecule has 1 fully saturated rings. The van der Waals surface area contributed by atoms with Crippen LogP contribution >= 0.6 is 11.8 Å². The molecule has 122 valence electrons. The van der Waals surface area contributed by atoms with E-state index in [4.69, 9.17) is 0 Å². The SMILES string of the molecule is Oc1ccc2ccccc2c1C(c1ccccc1)N1CCSCC1. The first-order chi connectivity index (χ1) is 11.8. The molecule has 0 spiro atoms. The van der Waals surface area contributed by atoms with Crippen molar-refractivity contribution in [2.24, 2.45) is 0 Å². The van der Waals surface area contributed by atoms with Crippen LogP contribution in [0.2, 0.25) is 0 Å². The summed E-state index contributed by atoms with van der Waals surface area (Å²) in [5.41, 5.74) is 2.28. The van der Waals surface area contributed by atoms with Gasteiger partial charge >= 0.3 is 0 Å².